The maximum absolute atomic E-state index is 12.6. The van der Waals surface area contributed by atoms with Crippen LogP contribution in [0.25, 0.3) is 28.0 Å². The maximum atomic E-state index is 12.6. The van der Waals surface area contributed by atoms with Crippen LogP contribution in [0.3, 0.4) is 0 Å². The predicted molar refractivity (Wildman–Crippen MR) is 122 cm³/mol. The number of carbonyl (C=O) groups excluding carboxylic acids is 1. The van der Waals surface area contributed by atoms with Gasteiger partial charge in [-0.2, -0.15) is 5.10 Å². The van der Waals surface area contributed by atoms with E-state index >= 15 is 0 Å². The van der Waals surface area contributed by atoms with Gasteiger partial charge in [0.15, 0.2) is 5.65 Å². The minimum absolute atomic E-state index is 0.270. The third-order valence-electron chi connectivity index (χ3n) is 4.57. The van der Waals surface area contributed by atoms with Crippen molar-refractivity contribution in [3.05, 3.63) is 70.3 Å². The number of hydrogen-bond donors (Lipinski definition) is 0. The fraction of sp³-hybridized carbons (Fsp3) is 0.136. The largest absolute Gasteiger partial charge is 0.462 e. The van der Waals surface area contributed by atoms with E-state index in [0.717, 1.165) is 22.4 Å². The van der Waals surface area contributed by atoms with Crippen molar-refractivity contribution in [2.45, 2.75) is 11.9 Å². The number of rotatable bonds is 5. The highest BCUT2D eigenvalue weighted by atomic mass is 35.5. The zero-order valence-corrected chi connectivity index (χ0v) is 18.6. The molecule has 0 saturated heterocycles. The van der Waals surface area contributed by atoms with Crippen LogP contribution in [0.15, 0.2) is 59.8 Å². The van der Waals surface area contributed by atoms with Crippen LogP contribution in [-0.2, 0) is 4.74 Å². The van der Waals surface area contributed by atoms with E-state index in [4.69, 9.17) is 27.9 Å². The lowest BCUT2D eigenvalue weighted by atomic mass is 10.0. The van der Waals surface area contributed by atoms with Gasteiger partial charge in [-0.25, -0.2) is 14.3 Å². The van der Waals surface area contributed by atoms with E-state index in [9.17, 15) is 4.79 Å². The first-order valence-corrected chi connectivity index (χ1v) is 11.2. The van der Waals surface area contributed by atoms with E-state index in [1.807, 2.05) is 54.8 Å². The summed E-state index contributed by atoms with van der Waals surface area (Å²) in [6.07, 6.45) is 3.58. The topological polar surface area (TPSA) is 56.5 Å². The molecule has 0 bridgehead atoms. The lowest BCUT2D eigenvalue weighted by Gasteiger charge is -2.13. The average molecular weight is 458 g/mol. The fourth-order valence-corrected chi connectivity index (χ4v) is 4.16. The number of ether oxygens (including phenoxy) is 1. The van der Waals surface area contributed by atoms with E-state index in [1.54, 1.807) is 17.6 Å². The Balaban J connectivity index is 2.08. The van der Waals surface area contributed by atoms with Crippen LogP contribution in [0.2, 0.25) is 10.0 Å². The molecule has 0 N–H and O–H groups in total. The number of benzene rings is 2. The van der Waals surface area contributed by atoms with Crippen molar-refractivity contribution in [1.82, 2.24) is 14.6 Å². The van der Waals surface area contributed by atoms with Gasteiger partial charge in [-0.15, -0.1) is 11.8 Å². The summed E-state index contributed by atoms with van der Waals surface area (Å²) in [5.41, 5.74) is 4.02. The highest BCUT2D eigenvalue weighted by Gasteiger charge is 2.25. The van der Waals surface area contributed by atoms with Crippen LogP contribution < -0.4 is 0 Å². The minimum atomic E-state index is -0.447. The van der Waals surface area contributed by atoms with Crippen molar-refractivity contribution in [3.63, 3.8) is 0 Å². The lowest BCUT2D eigenvalue weighted by molar-refractivity contribution is 0.0524. The van der Waals surface area contributed by atoms with Gasteiger partial charge in [-0.3, -0.25) is 0 Å². The third kappa shape index (κ3) is 3.67. The van der Waals surface area contributed by atoms with Gasteiger partial charge >= 0.3 is 5.97 Å². The Morgan fingerprint density at radius 3 is 2.50 bits per heavy atom. The maximum Gasteiger partial charge on any atom is 0.344 e. The number of hydrogen-bond acceptors (Lipinski definition) is 5. The molecule has 30 heavy (non-hydrogen) atoms. The molecule has 4 rings (SSSR count). The number of thioether (sulfide) groups is 1. The summed E-state index contributed by atoms with van der Waals surface area (Å²) < 4.78 is 6.93. The van der Waals surface area contributed by atoms with E-state index in [-0.39, 0.29) is 6.61 Å². The molecule has 0 aliphatic carbocycles. The van der Waals surface area contributed by atoms with Crippen LogP contribution in [0, 0.1) is 0 Å². The molecule has 0 saturated carbocycles. The quantitative estimate of drug-likeness (QED) is 0.261. The Labute approximate surface area is 188 Å². The Kier molecular flexibility index (Phi) is 5.99. The van der Waals surface area contributed by atoms with Gasteiger partial charge in [0.2, 0.25) is 0 Å². The molecule has 0 aliphatic heterocycles. The Hall–Kier alpha value is -2.54. The smallest absolute Gasteiger partial charge is 0.344 e. The minimum Gasteiger partial charge on any atom is -0.462 e. The van der Waals surface area contributed by atoms with E-state index in [2.05, 4.69) is 10.1 Å². The number of nitrogens with zero attached hydrogens (tertiary/aromatic N) is 3. The molecule has 4 aromatic rings. The highest BCUT2D eigenvalue weighted by Crippen LogP contribution is 2.37. The first-order valence-electron chi connectivity index (χ1n) is 9.18. The van der Waals surface area contributed by atoms with Gasteiger partial charge in [-0.05, 0) is 31.4 Å². The van der Waals surface area contributed by atoms with Crippen molar-refractivity contribution in [2.24, 2.45) is 0 Å². The molecule has 2 heterocycles. The normalized spacial score (nSPS) is 11.1. The first-order chi connectivity index (χ1) is 14.5. The number of carbonyl (C=O) groups is 1. The second-order valence-corrected chi connectivity index (χ2v) is 7.99. The average Bonchev–Trinajstić information content (AvgIpc) is 3.13. The number of halogens is 2. The molecule has 0 unspecified atom stereocenters. The van der Waals surface area contributed by atoms with Crippen molar-refractivity contribution < 1.29 is 9.53 Å². The predicted octanol–water partition coefficient (Wildman–Crippen LogP) is 6.27. The van der Waals surface area contributed by atoms with Gasteiger partial charge in [-0.1, -0.05) is 53.5 Å². The van der Waals surface area contributed by atoms with Gasteiger partial charge in [0.25, 0.3) is 0 Å². The van der Waals surface area contributed by atoms with Crippen molar-refractivity contribution >= 4 is 46.6 Å². The number of esters is 1. The summed E-state index contributed by atoms with van der Waals surface area (Å²) >= 11 is 14.0. The summed E-state index contributed by atoms with van der Waals surface area (Å²) in [5, 5.41) is 6.46. The van der Waals surface area contributed by atoms with E-state index in [1.165, 1.54) is 11.8 Å². The summed E-state index contributed by atoms with van der Waals surface area (Å²) in [4.78, 5) is 17.2. The zero-order chi connectivity index (χ0) is 21.3. The Morgan fingerprint density at radius 1 is 1.10 bits per heavy atom. The van der Waals surface area contributed by atoms with Gasteiger partial charge in [0.05, 0.1) is 12.3 Å². The molecule has 152 valence electrons. The first kappa shape index (κ1) is 20.7. The van der Waals surface area contributed by atoms with Crippen LogP contribution in [0.5, 0.6) is 0 Å². The van der Waals surface area contributed by atoms with Crippen molar-refractivity contribution in [2.75, 3.05) is 12.9 Å². The van der Waals surface area contributed by atoms with Gasteiger partial charge < -0.3 is 4.74 Å². The van der Waals surface area contributed by atoms with Crippen molar-refractivity contribution in [1.29, 1.82) is 0 Å². The summed E-state index contributed by atoms with van der Waals surface area (Å²) in [7, 11) is 0. The molecule has 0 atom stereocenters. The molecule has 0 spiro atoms. The number of fused-ring (bicyclic) bond motifs is 1. The van der Waals surface area contributed by atoms with Gasteiger partial charge in [0, 0.05) is 32.9 Å². The standard InChI is InChI=1S/C22H17Cl2N3O2S/c1-3-29-22(28)18-20-25-12-16(15-6-4-5-7-17(15)24)19(27(20)26-21(18)30-2)13-8-10-14(23)11-9-13/h4-12H,3H2,1-2H3. The molecule has 0 amide bonds. The summed E-state index contributed by atoms with van der Waals surface area (Å²) in [6.45, 7) is 2.04. The monoisotopic (exact) mass is 457 g/mol. The molecular weight excluding hydrogens is 441 g/mol. The molecule has 0 radical (unpaired) electrons. The van der Waals surface area contributed by atoms with Crippen LogP contribution in [0.1, 0.15) is 17.3 Å². The zero-order valence-electron chi connectivity index (χ0n) is 16.2. The van der Waals surface area contributed by atoms with Crippen LogP contribution >= 0.6 is 35.0 Å². The van der Waals surface area contributed by atoms with Gasteiger partial charge in [0.1, 0.15) is 10.6 Å². The van der Waals surface area contributed by atoms with E-state index < -0.39 is 5.97 Å². The van der Waals surface area contributed by atoms with Crippen molar-refractivity contribution in [3.8, 4) is 22.4 Å². The number of aromatic nitrogens is 3. The molecular formula is C22H17Cl2N3O2S. The molecule has 0 fully saturated rings. The molecule has 0 aliphatic rings. The molecule has 8 heteroatoms. The highest BCUT2D eigenvalue weighted by molar-refractivity contribution is 7.98. The third-order valence-corrected chi connectivity index (χ3v) is 5.82. The summed E-state index contributed by atoms with van der Waals surface area (Å²) in [5.74, 6) is -0.447. The summed E-state index contributed by atoms with van der Waals surface area (Å²) in [6, 6.07) is 15.0. The fourth-order valence-electron chi connectivity index (χ4n) is 3.25. The van der Waals surface area contributed by atoms with E-state index in [0.29, 0.717) is 26.3 Å². The Morgan fingerprint density at radius 2 is 1.83 bits per heavy atom. The van der Waals surface area contributed by atoms with Crippen LogP contribution in [0.4, 0.5) is 0 Å². The molecule has 5 nitrogen and oxygen atoms in total. The lowest BCUT2D eigenvalue weighted by Crippen LogP contribution is -2.07. The second kappa shape index (κ2) is 8.68. The Bertz CT molecular complexity index is 1240. The SMILES string of the molecule is CCOC(=O)c1c(SC)nn2c(-c3ccc(Cl)cc3)c(-c3ccccc3Cl)cnc12. The van der Waals surface area contributed by atoms with Crippen LogP contribution in [-0.4, -0.2) is 33.4 Å². The molecule has 2 aromatic heterocycles. The second-order valence-electron chi connectivity index (χ2n) is 6.35. The molecule has 2 aromatic carbocycles.